The molecule has 110 valence electrons. The number of hydrogen-bond acceptors (Lipinski definition) is 4. The fourth-order valence-corrected chi connectivity index (χ4v) is 1.75. The van der Waals surface area contributed by atoms with Crippen LogP contribution in [0.25, 0.3) is 0 Å². The number of carbonyl (C=O) groups excluding carboxylic acids is 2. The Bertz CT molecular complexity index is 342. The number of alkyl carbamates (subject to hydrolysis) is 1. The molecule has 5 nitrogen and oxygen atoms in total. The lowest BCUT2D eigenvalue weighted by Gasteiger charge is -2.23. The van der Waals surface area contributed by atoms with Crippen molar-refractivity contribution in [3.8, 4) is 0 Å². The van der Waals surface area contributed by atoms with E-state index in [0.29, 0.717) is 13.0 Å². The summed E-state index contributed by atoms with van der Waals surface area (Å²) < 4.78 is 10.3. The van der Waals surface area contributed by atoms with Crippen molar-refractivity contribution in [1.82, 2.24) is 5.32 Å². The van der Waals surface area contributed by atoms with E-state index in [1.165, 1.54) is 0 Å². The highest BCUT2D eigenvalue weighted by atomic mass is 16.6. The summed E-state index contributed by atoms with van der Waals surface area (Å²) in [6, 6.07) is -0.526. The van der Waals surface area contributed by atoms with Gasteiger partial charge in [0.1, 0.15) is 11.2 Å². The van der Waals surface area contributed by atoms with E-state index in [0.717, 1.165) is 12.8 Å². The van der Waals surface area contributed by atoms with E-state index < -0.39 is 23.3 Å². The minimum atomic E-state index is -0.715. The summed E-state index contributed by atoms with van der Waals surface area (Å²) in [5.74, 6) is -0.0631. The molecule has 1 aliphatic rings. The van der Waals surface area contributed by atoms with Crippen molar-refractivity contribution in [3.05, 3.63) is 0 Å². The largest absolute Gasteiger partial charge is 0.444 e. The lowest BCUT2D eigenvalue weighted by molar-refractivity contribution is -0.125. The zero-order chi connectivity index (χ0) is 14.7. The van der Waals surface area contributed by atoms with Gasteiger partial charge in [0.05, 0.1) is 12.6 Å². The van der Waals surface area contributed by atoms with Crippen molar-refractivity contribution in [3.63, 3.8) is 0 Å². The monoisotopic (exact) mass is 271 g/mol. The lowest BCUT2D eigenvalue weighted by Crippen LogP contribution is -2.47. The third kappa shape index (κ3) is 5.19. The Morgan fingerprint density at radius 2 is 2.00 bits per heavy atom. The first kappa shape index (κ1) is 16.0. The van der Waals surface area contributed by atoms with Crippen LogP contribution in [0.2, 0.25) is 0 Å². The molecule has 0 aromatic heterocycles. The second-order valence-electron chi connectivity index (χ2n) is 6.22. The zero-order valence-corrected chi connectivity index (χ0v) is 12.5. The first-order valence-electron chi connectivity index (χ1n) is 6.86. The highest BCUT2D eigenvalue weighted by Crippen LogP contribution is 2.29. The summed E-state index contributed by atoms with van der Waals surface area (Å²) in [6.07, 6.45) is 1.92. The molecule has 1 heterocycles. The molecule has 0 saturated carbocycles. The quantitative estimate of drug-likeness (QED) is 0.753. The van der Waals surface area contributed by atoms with Crippen molar-refractivity contribution < 1.29 is 19.1 Å². The van der Waals surface area contributed by atoms with Gasteiger partial charge in [0.15, 0.2) is 5.78 Å². The van der Waals surface area contributed by atoms with Crippen molar-refractivity contribution in [2.75, 3.05) is 6.61 Å². The van der Waals surface area contributed by atoms with Crippen molar-refractivity contribution >= 4 is 11.9 Å². The average molecular weight is 271 g/mol. The fraction of sp³-hybridized carbons (Fsp3) is 0.857. The Hall–Kier alpha value is -1.10. The minimum absolute atomic E-state index is 0.0631. The van der Waals surface area contributed by atoms with Crippen LogP contribution in [0, 0.1) is 0 Å². The summed E-state index contributed by atoms with van der Waals surface area (Å²) in [4.78, 5) is 24.0. The van der Waals surface area contributed by atoms with Crippen molar-refractivity contribution in [2.45, 2.75) is 71.1 Å². The standard InChI is InChI=1S/C14H25NO4/c1-6-7-8-10(11(16)14(5)9-18-14)15-12(17)19-13(2,3)4/h10H,6-9H2,1-5H3,(H,15,17)/t10-,14+/m0/s1. The smallest absolute Gasteiger partial charge is 0.408 e. The molecule has 1 amide bonds. The van der Waals surface area contributed by atoms with Crippen LogP contribution >= 0.6 is 0 Å². The van der Waals surface area contributed by atoms with E-state index in [2.05, 4.69) is 5.32 Å². The molecule has 1 fully saturated rings. The minimum Gasteiger partial charge on any atom is -0.444 e. The molecule has 0 radical (unpaired) electrons. The Morgan fingerprint density at radius 3 is 2.42 bits per heavy atom. The summed E-state index contributed by atoms with van der Waals surface area (Å²) in [7, 11) is 0. The molecule has 0 aliphatic carbocycles. The summed E-state index contributed by atoms with van der Waals surface area (Å²) in [5, 5.41) is 2.66. The highest BCUT2D eigenvalue weighted by molar-refractivity contribution is 5.95. The SMILES string of the molecule is CCCC[C@H](NC(=O)OC(C)(C)C)C(=O)[C@@]1(C)CO1. The zero-order valence-electron chi connectivity index (χ0n) is 12.5. The molecular formula is C14H25NO4. The van der Waals surface area contributed by atoms with E-state index in [-0.39, 0.29) is 5.78 Å². The molecule has 5 heteroatoms. The highest BCUT2D eigenvalue weighted by Gasteiger charge is 2.50. The van der Waals surface area contributed by atoms with E-state index in [1.54, 1.807) is 27.7 Å². The molecule has 0 spiro atoms. The van der Waals surface area contributed by atoms with Crippen molar-refractivity contribution in [1.29, 1.82) is 0 Å². The Morgan fingerprint density at radius 1 is 1.42 bits per heavy atom. The normalized spacial score (nSPS) is 23.6. The van der Waals surface area contributed by atoms with Gasteiger partial charge in [0.25, 0.3) is 0 Å². The van der Waals surface area contributed by atoms with Crippen LogP contribution in [0.4, 0.5) is 4.79 Å². The maximum absolute atomic E-state index is 12.2. The van der Waals surface area contributed by atoms with Crippen LogP contribution in [0.15, 0.2) is 0 Å². The summed E-state index contributed by atoms with van der Waals surface area (Å²) in [6.45, 7) is 9.61. The molecule has 1 saturated heterocycles. The van der Waals surface area contributed by atoms with Crippen LogP contribution in [-0.4, -0.2) is 35.7 Å². The number of Topliss-reactive ketones (excluding diaryl/α,β-unsaturated/α-hetero) is 1. The third-order valence-corrected chi connectivity index (χ3v) is 2.95. The number of nitrogens with one attached hydrogen (secondary N) is 1. The van der Waals surface area contributed by atoms with Gasteiger partial charge in [0, 0.05) is 0 Å². The topological polar surface area (TPSA) is 67.9 Å². The molecule has 0 aromatic rings. The average Bonchev–Trinajstić information content (AvgIpc) is 3.00. The first-order valence-corrected chi connectivity index (χ1v) is 6.86. The summed E-state index contributed by atoms with van der Waals surface area (Å²) >= 11 is 0. The van der Waals surface area contributed by atoms with Gasteiger partial charge in [-0.3, -0.25) is 4.79 Å². The number of rotatable bonds is 6. The van der Waals surface area contributed by atoms with Gasteiger partial charge in [-0.05, 0) is 34.1 Å². The molecule has 1 rings (SSSR count). The molecule has 2 atom stereocenters. The predicted molar refractivity (Wildman–Crippen MR) is 72.0 cm³/mol. The second kappa shape index (κ2) is 5.90. The van der Waals surface area contributed by atoms with Crippen LogP contribution in [0.1, 0.15) is 53.9 Å². The number of hydrogen-bond donors (Lipinski definition) is 1. The molecule has 1 aliphatic heterocycles. The second-order valence-corrected chi connectivity index (χ2v) is 6.22. The van der Waals surface area contributed by atoms with E-state index in [1.807, 2.05) is 6.92 Å². The van der Waals surface area contributed by atoms with Gasteiger partial charge in [-0.2, -0.15) is 0 Å². The lowest BCUT2D eigenvalue weighted by atomic mass is 9.96. The molecule has 0 unspecified atom stereocenters. The van der Waals surface area contributed by atoms with Crippen LogP contribution < -0.4 is 5.32 Å². The molecule has 0 aromatic carbocycles. The molecule has 1 N–H and O–H groups in total. The summed E-state index contributed by atoms with van der Waals surface area (Å²) in [5.41, 5.74) is -1.28. The Kier molecular flexibility index (Phi) is 4.96. The maximum atomic E-state index is 12.2. The van der Waals surface area contributed by atoms with E-state index in [9.17, 15) is 9.59 Å². The number of carbonyl (C=O) groups is 2. The molecule has 19 heavy (non-hydrogen) atoms. The van der Waals surface area contributed by atoms with Gasteiger partial charge < -0.3 is 14.8 Å². The van der Waals surface area contributed by atoms with Crippen LogP contribution in [-0.2, 0) is 14.3 Å². The molecular weight excluding hydrogens is 246 g/mol. The maximum Gasteiger partial charge on any atom is 0.408 e. The van der Waals surface area contributed by atoms with Crippen LogP contribution in [0.3, 0.4) is 0 Å². The number of ketones is 1. The van der Waals surface area contributed by atoms with Gasteiger partial charge in [-0.15, -0.1) is 0 Å². The van der Waals surface area contributed by atoms with Crippen molar-refractivity contribution in [2.24, 2.45) is 0 Å². The number of unbranched alkanes of at least 4 members (excludes halogenated alkanes) is 1. The Balaban J connectivity index is 2.59. The van der Waals surface area contributed by atoms with E-state index >= 15 is 0 Å². The Labute approximate surface area is 115 Å². The number of ether oxygens (including phenoxy) is 2. The van der Waals surface area contributed by atoms with Gasteiger partial charge in [-0.25, -0.2) is 4.79 Å². The fourth-order valence-electron chi connectivity index (χ4n) is 1.75. The predicted octanol–water partition coefficient (Wildman–Crippen LogP) is 2.43. The first-order chi connectivity index (χ1) is 8.68. The van der Waals surface area contributed by atoms with Gasteiger partial charge in [0.2, 0.25) is 0 Å². The van der Waals surface area contributed by atoms with Crippen LogP contribution in [0.5, 0.6) is 0 Å². The third-order valence-electron chi connectivity index (χ3n) is 2.95. The molecule has 0 bridgehead atoms. The number of amides is 1. The van der Waals surface area contributed by atoms with E-state index in [4.69, 9.17) is 9.47 Å². The van der Waals surface area contributed by atoms with Gasteiger partial charge in [-0.1, -0.05) is 19.8 Å². The number of epoxide rings is 1. The van der Waals surface area contributed by atoms with Gasteiger partial charge >= 0.3 is 6.09 Å².